The van der Waals surface area contributed by atoms with Crippen LogP contribution in [-0.2, 0) is 14.3 Å². The summed E-state index contributed by atoms with van der Waals surface area (Å²) in [6.07, 6.45) is -0.686. The summed E-state index contributed by atoms with van der Waals surface area (Å²) < 4.78 is 16.1. The molecule has 0 saturated carbocycles. The smallest absolute Gasteiger partial charge is 0.412 e. The van der Waals surface area contributed by atoms with Gasteiger partial charge in [-0.25, -0.2) is 9.59 Å². The van der Waals surface area contributed by atoms with Crippen molar-refractivity contribution in [2.45, 2.75) is 58.8 Å². The summed E-state index contributed by atoms with van der Waals surface area (Å²) in [6, 6.07) is 4.16. The molecule has 1 rings (SSSR count). The van der Waals surface area contributed by atoms with Crippen molar-refractivity contribution in [2.24, 2.45) is 0 Å². The number of hydrogen-bond donors (Lipinski definition) is 2. The zero-order valence-corrected chi connectivity index (χ0v) is 19.0. The molecule has 168 valence electrons. The van der Waals surface area contributed by atoms with Gasteiger partial charge in [-0.1, -0.05) is 0 Å². The van der Waals surface area contributed by atoms with Gasteiger partial charge < -0.3 is 29.2 Å². The van der Waals surface area contributed by atoms with Gasteiger partial charge in [-0.3, -0.25) is 5.32 Å². The van der Waals surface area contributed by atoms with Crippen molar-refractivity contribution in [1.29, 1.82) is 0 Å². The molecule has 1 atom stereocenters. The Morgan fingerprint density at radius 1 is 1.03 bits per heavy atom. The summed E-state index contributed by atoms with van der Waals surface area (Å²) in [6.45, 7) is 10.5. The average molecular weight is 424 g/mol. The van der Waals surface area contributed by atoms with Crippen molar-refractivity contribution in [1.82, 2.24) is 5.32 Å². The van der Waals surface area contributed by atoms with Crippen LogP contribution in [0.3, 0.4) is 0 Å². The van der Waals surface area contributed by atoms with Crippen molar-refractivity contribution in [3.63, 3.8) is 0 Å². The van der Waals surface area contributed by atoms with Gasteiger partial charge in [-0.05, 0) is 59.7 Å². The molecule has 2 N–H and O–H groups in total. The van der Waals surface area contributed by atoms with Crippen LogP contribution in [0, 0.1) is 0 Å². The molecule has 2 amide bonds. The zero-order chi connectivity index (χ0) is 23.1. The first kappa shape index (κ1) is 25.1. The Morgan fingerprint density at radius 2 is 1.60 bits per heavy atom. The number of rotatable bonds is 7. The lowest BCUT2D eigenvalue weighted by Gasteiger charge is -2.23. The number of alkyl carbamates (subject to hydrolysis) is 1. The number of amides is 2. The maximum Gasteiger partial charge on any atom is 0.412 e. The Morgan fingerprint density at radius 3 is 2.10 bits per heavy atom. The summed E-state index contributed by atoms with van der Waals surface area (Å²) in [5.74, 6) is 0.479. The van der Waals surface area contributed by atoms with Gasteiger partial charge in [0.2, 0.25) is 0 Å². The second-order valence-electron chi connectivity index (χ2n) is 8.90. The molecule has 30 heavy (non-hydrogen) atoms. The number of carbonyl (C=O) groups is 3. The van der Waals surface area contributed by atoms with Gasteiger partial charge in [0.15, 0.2) is 0 Å². The molecule has 0 aliphatic heterocycles. The number of ether oxygens (including phenoxy) is 3. The first-order chi connectivity index (χ1) is 13.7. The molecule has 0 aromatic heterocycles. The first-order valence-electron chi connectivity index (χ1n) is 9.59. The Kier molecular flexibility index (Phi) is 8.50. The lowest BCUT2D eigenvalue weighted by Crippen LogP contribution is -2.43. The minimum Gasteiger partial charge on any atom is -0.489 e. The van der Waals surface area contributed by atoms with Crippen molar-refractivity contribution >= 4 is 29.8 Å². The summed E-state index contributed by atoms with van der Waals surface area (Å²) >= 11 is 0. The maximum absolute atomic E-state index is 12.0. The van der Waals surface area contributed by atoms with Crippen LogP contribution >= 0.6 is 0 Å². The number of anilines is 2. The third-order valence-corrected chi connectivity index (χ3v) is 3.37. The van der Waals surface area contributed by atoms with E-state index < -0.39 is 29.4 Å². The quantitative estimate of drug-likeness (QED) is 0.646. The first-order valence-corrected chi connectivity index (χ1v) is 9.59. The van der Waals surface area contributed by atoms with Crippen LogP contribution < -0.4 is 20.3 Å². The summed E-state index contributed by atoms with van der Waals surface area (Å²) in [5.41, 5.74) is -0.0831. The highest BCUT2D eigenvalue weighted by Crippen LogP contribution is 2.30. The minimum absolute atomic E-state index is 0.0809. The third kappa shape index (κ3) is 9.49. The molecule has 0 heterocycles. The molecular formula is C21H33N3O6. The van der Waals surface area contributed by atoms with Gasteiger partial charge in [-0.2, -0.15) is 0 Å². The van der Waals surface area contributed by atoms with Gasteiger partial charge in [0, 0.05) is 19.8 Å². The van der Waals surface area contributed by atoms with Crippen LogP contribution in [0.25, 0.3) is 0 Å². The fourth-order valence-electron chi connectivity index (χ4n) is 2.24. The highest BCUT2D eigenvalue weighted by Gasteiger charge is 2.21. The van der Waals surface area contributed by atoms with Gasteiger partial charge in [0.25, 0.3) is 0 Å². The lowest BCUT2D eigenvalue weighted by atomic mass is 10.2. The molecule has 1 aromatic carbocycles. The predicted octanol–water partition coefficient (Wildman–Crippen LogP) is 3.57. The van der Waals surface area contributed by atoms with Gasteiger partial charge in [-0.15, -0.1) is 0 Å². The summed E-state index contributed by atoms with van der Waals surface area (Å²) in [5, 5.41) is 5.13. The van der Waals surface area contributed by atoms with Crippen LogP contribution in [0.1, 0.15) is 41.5 Å². The van der Waals surface area contributed by atoms with E-state index in [1.165, 1.54) is 0 Å². The van der Waals surface area contributed by atoms with E-state index in [9.17, 15) is 14.4 Å². The van der Waals surface area contributed by atoms with Crippen molar-refractivity contribution in [3.05, 3.63) is 18.2 Å². The van der Waals surface area contributed by atoms with Gasteiger partial charge >= 0.3 is 12.2 Å². The van der Waals surface area contributed by atoms with Crippen LogP contribution in [0.5, 0.6) is 5.75 Å². The Balaban J connectivity index is 2.82. The second kappa shape index (κ2) is 10.2. The predicted molar refractivity (Wildman–Crippen MR) is 115 cm³/mol. The number of nitrogens with zero attached hydrogens (tertiary/aromatic N) is 1. The molecule has 0 radical (unpaired) electrons. The van der Waals surface area contributed by atoms with Crippen molar-refractivity contribution < 1.29 is 28.6 Å². The van der Waals surface area contributed by atoms with E-state index in [0.717, 1.165) is 0 Å². The highest BCUT2D eigenvalue weighted by atomic mass is 16.6. The van der Waals surface area contributed by atoms with Crippen molar-refractivity contribution in [3.8, 4) is 5.75 Å². The largest absolute Gasteiger partial charge is 0.489 e. The third-order valence-electron chi connectivity index (χ3n) is 3.37. The standard InChI is InChI=1S/C21H33N3O6/c1-20(2,3)29-18(26)22-14-9-10-17(16(11-14)24(7)8)28-13-15(12-25)23-19(27)30-21(4,5)6/h9-12,15H,13H2,1-8H3,(H,22,26)(H,23,27)/t15-/m1/s1. The monoisotopic (exact) mass is 423 g/mol. The van der Waals surface area contributed by atoms with Crippen molar-refractivity contribution in [2.75, 3.05) is 30.9 Å². The van der Waals surface area contributed by atoms with E-state index in [1.54, 1.807) is 64.6 Å². The Hall–Kier alpha value is -2.97. The maximum atomic E-state index is 12.0. The number of nitrogens with one attached hydrogen (secondary N) is 2. The molecular weight excluding hydrogens is 390 g/mol. The van der Waals surface area contributed by atoms with E-state index in [-0.39, 0.29) is 6.61 Å². The fourth-order valence-corrected chi connectivity index (χ4v) is 2.24. The normalized spacial score (nSPS) is 12.4. The molecule has 0 unspecified atom stereocenters. The zero-order valence-electron chi connectivity index (χ0n) is 19.0. The average Bonchev–Trinajstić information content (AvgIpc) is 2.55. The van der Waals surface area contributed by atoms with Crippen LogP contribution in [0.15, 0.2) is 18.2 Å². The molecule has 0 bridgehead atoms. The minimum atomic E-state index is -0.880. The fraction of sp³-hybridized carbons (Fsp3) is 0.571. The van der Waals surface area contributed by atoms with E-state index in [2.05, 4.69) is 10.6 Å². The number of aldehydes is 1. The van der Waals surface area contributed by atoms with E-state index in [0.29, 0.717) is 23.4 Å². The molecule has 0 saturated heterocycles. The molecule has 0 spiro atoms. The molecule has 9 nitrogen and oxygen atoms in total. The van der Waals surface area contributed by atoms with Crippen LogP contribution in [0.4, 0.5) is 21.0 Å². The molecule has 9 heteroatoms. The van der Waals surface area contributed by atoms with Crippen LogP contribution in [-0.4, -0.2) is 56.4 Å². The molecule has 0 aliphatic carbocycles. The topological polar surface area (TPSA) is 106 Å². The van der Waals surface area contributed by atoms with E-state index in [4.69, 9.17) is 14.2 Å². The van der Waals surface area contributed by atoms with Crippen LogP contribution in [0.2, 0.25) is 0 Å². The summed E-state index contributed by atoms with van der Waals surface area (Å²) in [7, 11) is 3.63. The molecule has 1 aromatic rings. The van der Waals surface area contributed by atoms with Gasteiger partial charge in [0.05, 0.1) is 5.69 Å². The lowest BCUT2D eigenvalue weighted by molar-refractivity contribution is -0.110. The Labute approximate surface area is 178 Å². The number of hydrogen-bond acceptors (Lipinski definition) is 7. The number of benzene rings is 1. The van der Waals surface area contributed by atoms with E-state index >= 15 is 0 Å². The molecule has 0 aliphatic rings. The number of carbonyl (C=O) groups excluding carboxylic acids is 3. The van der Waals surface area contributed by atoms with Gasteiger partial charge in [0.1, 0.15) is 35.9 Å². The SMILES string of the molecule is CN(C)c1cc(NC(=O)OC(C)(C)C)ccc1OC[C@@H](C=O)NC(=O)OC(C)(C)C. The second-order valence-corrected chi connectivity index (χ2v) is 8.90. The summed E-state index contributed by atoms with van der Waals surface area (Å²) in [4.78, 5) is 36.9. The Bertz CT molecular complexity index is 750. The van der Waals surface area contributed by atoms with E-state index in [1.807, 2.05) is 14.1 Å². The highest BCUT2D eigenvalue weighted by molar-refractivity contribution is 5.86. The molecule has 0 fully saturated rings.